The molecule has 0 saturated heterocycles. The van der Waals surface area contributed by atoms with Gasteiger partial charge in [-0.05, 0) is 12.8 Å². The first-order valence-corrected chi connectivity index (χ1v) is 9.90. The van der Waals surface area contributed by atoms with E-state index in [1.807, 2.05) is 5.32 Å². The average molecular weight is 489 g/mol. The second-order valence-corrected chi connectivity index (χ2v) is 7.10. The van der Waals surface area contributed by atoms with Gasteiger partial charge in [0, 0.05) is 6.54 Å². The van der Waals surface area contributed by atoms with Crippen molar-refractivity contribution in [1.29, 1.82) is 0 Å². The summed E-state index contributed by atoms with van der Waals surface area (Å²) in [6.45, 7) is -0.781. The molecule has 4 atom stereocenters. The summed E-state index contributed by atoms with van der Waals surface area (Å²) in [6, 6.07) is -6.06. The molecule has 15 N–H and O–H groups in total. The molecule has 0 bridgehead atoms. The Bertz CT molecular complexity index is 800. The molecule has 0 fully saturated rings. The fraction of sp³-hybridized carbons (Fsp3) is 0.588. The second kappa shape index (κ2) is 15.0. The van der Waals surface area contributed by atoms with Gasteiger partial charge in [0.25, 0.3) is 0 Å². The van der Waals surface area contributed by atoms with Crippen molar-refractivity contribution < 1.29 is 39.0 Å². The van der Waals surface area contributed by atoms with Gasteiger partial charge >= 0.3 is 5.97 Å². The number of aliphatic imine (C=N–C) groups is 1. The minimum absolute atomic E-state index is 0.131. The van der Waals surface area contributed by atoms with E-state index < -0.39 is 79.1 Å². The third kappa shape index (κ3) is 12.2. The lowest BCUT2D eigenvalue weighted by Crippen LogP contribution is -2.58. The normalized spacial score (nSPS) is 13.9. The lowest BCUT2D eigenvalue weighted by atomic mass is 10.1. The maximum Gasteiger partial charge on any atom is 0.326 e. The number of nitrogens with zero attached hydrogens (tertiary/aromatic N) is 1. The molecule has 17 nitrogen and oxygen atoms in total. The highest BCUT2D eigenvalue weighted by Crippen LogP contribution is 2.00. The van der Waals surface area contributed by atoms with Crippen molar-refractivity contribution in [2.45, 2.75) is 49.9 Å². The van der Waals surface area contributed by atoms with Crippen molar-refractivity contribution in [3.05, 3.63) is 0 Å². The Balaban J connectivity index is 5.19. The lowest BCUT2D eigenvalue weighted by Gasteiger charge is -2.23. The van der Waals surface area contributed by atoms with Gasteiger partial charge in [-0.15, -0.1) is 0 Å². The van der Waals surface area contributed by atoms with Gasteiger partial charge in [0.2, 0.25) is 29.5 Å². The summed E-state index contributed by atoms with van der Waals surface area (Å²) >= 11 is 0. The zero-order valence-corrected chi connectivity index (χ0v) is 18.2. The molecular formula is C17H31N9O8. The molecule has 0 radical (unpaired) electrons. The van der Waals surface area contributed by atoms with E-state index in [0.717, 1.165) is 0 Å². The Labute approximate surface area is 193 Å². The van der Waals surface area contributed by atoms with Gasteiger partial charge in [0.1, 0.15) is 18.1 Å². The van der Waals surface area contributed by atoms with Gasteiger partial charge in [-0.3, -0.25) is 29.0 Å². The Morgan fingerprint density at radius 2 is 1.24 bits per heavy atom. The van der Waals surface area contributed by atoms with Crippen LogP contribution in [0.5, 0.6) is 0 Å². The molecule has 5 amide bonds. The van der Waals surface area contributed by atoms with Crippen LogP contribution in [0, 0.1) is 0 Å². The number of nitrogens with one attached hydrogen (secondary N) is 3. The van der Waals surface area contributed by atoms with Gasteiger partial charge in [0.15, 0.2) is 5.96 Å². The molecule has 17 heteroatoms. The summed E-state index contributed by atoms with van der Waals surface area (Å²) in [6.07, 6.45) is -0.945. The van der Waals surface area contributed by atoms with Crippen LogP contribution in [-0.4, -0.2) is 89.0 Å². The third-order valence-corrected chi connectivity index (χ3v) is 4.18. The number of guanidine groups is 1. The second-order valence-electron chi connectivity index (χ2n) is 7.10. The van der Waals surface area contributed by atoms with E-state index in [2.05, 4.69) is 15.6 Å². The molecular weight excluding hydrogens is 458 g/mol. The molecule has 0 aromatic rings. The van der Waals surface area contributed by atoms with Gasteiger partial charge in [-0.2, -0.15) is 0 Å². The van der Waals surface area contributed by atoms with E-state index >= 15 is 0 Å². The fourth-order valence-corrected chi connectivity index (χ4v) is 2.48. The van der Waals surface area contributed by atoms with Crippen molar-refractivity contribution in [3.8, 4) is 0 Å². The highest BCUT2D eigenvalue weighted by atomic mass is 16.4. The maximum atomic E-state index is 12.5. The first kappa shape index (κ1) is 30.0. The number of carbonyl (C=O) groups is 6. The number of aliphatic hydroxyl groups excluding tert-OH is 1. The highest BCUT2D eigenvalue weighted by molar-refractivity contribution is 5.96. The Hall–Kier alpha value is -3.99. The standard InChI is InChI=1S/C17H31N9O8/c18-7(2-1-3-23-17(21)22)13(30)24-8(4-11(19)28)14(31)26-10(6-27)15(32)25-9(16(33)34)5-12(20)29/h7-10,27H,1-6,18H2,(H2,19,28)(H2,20,29)(H,24,30)(H,25,32)(H,26,31)(H,33,34)(H4,21,22,23). The van der Waals surface area contributed by atoms with E-state index in [0.29, 0.717) is 6.42 Å². The van der Waals surface area contributed by atoms with Crippen LogP contribution in [-0.2, 0) is 28.8 Å². The molecule has 0 heterocycles. The van der Waals surface area contributed by atoms with Crippen LogP contribution in [0.1, 0.15) is 25.7 Å². The van der Waals surface area contributed by atoms with Crippen LogP contribution in [0.25, 0.3) is 0 Å². The molecule has 4 unspecified atom stereocenters. The number of primary amides is 2. The Morgan fingerprint density at radius 1 is 0.765 bits per heavy atom. The fourth-order valence-electron chi connectivity index (χ4n) is 2.48. The molecule has 0 rings (SSSR count). The van der Waals surface area contributed by atoms with E-state index in [1.54, 1.807) is 0 Å². The van der Waals surface area contributed by atoms with Gasteiger partial charge < -0.3 is 54.8 Å². The number of carboxylic acids is 1. The van der Waals surface area contributed by atoms with Crippen LogP contribution >= 0.6 is 0 Å². The van der Waals surface area contributed by atoms with Gasteiger partial charge in [-0.1, -0.05) is 0 Å². The Kier molecular flexibility index (Phi) is 13.2. The number of carbonyl (C=O) groups excluding carboxylic acids is 5. The number of nitrogens with two attached hydrogens (primary N) is 5. The largest absolute Gasteiger partial charge is 0.480 e. The first-order valence-electron chi connectivity index (χ1n) is 9.90. The zero-order chi connectivity index (χ0) is 26.4. The molecule has 192 valence electrons. The minimum Gasteiger partial charge on any atom is -0.480 e. The Morgan fingerprint density at radius 3 is 1.71 bits per heavy atom. The van der Waals surface area contributed by atoms with Crippen LogP contribution in [0.3, 0.4) is 0 Å². The molecule has 0 saturated carbocycles. The summed E-state index contributed by atoms with van der Waals surface area (Å²) in [5, 5.41) is 24.7. The summed E-state index contributed by atoms with van der Waals surface area (Å²) in [5.41, 5.74) is 26.1. The smallest absolute Gasteiger partial charge is 0.326 e. The SMILES string of the molecule is NC(=O)CC(NC(=O)C(CO)NC(=O)C(CC(N)=O)NC(=O)C(N)CCCN=C(N)N)C(=O)O. The van der Waals surface area contributed by atoms with Gasteiger partial charge in [-0.25, -0.2) is 4.79 Å². The van der Waals surface area contributed by atoms with Crippen LogP contribution in [0.15, 0.2) is 4.99 Å². The van der Waals surface area contributed by atoms with Crippen LogP contribution in [0.2, 0.25) is 0 Å². The highest BCUT2D eigenvalue weighted by Gasteiger charge is 2.31. The predicted octanol–water partition coefficient (Wildman–Crippen LogP) is -6.35. The van der Waals surface area contributed by atoms with E-state index in [9.17, 15) is 33.9 Å². The topological polar surface area (TPSA) is 321 Å². The minimum atomic E-state index is -1.71. The monoisotopic (exact) mass is 489 g/mol. The van der Waals surface area contributed by atoms with Crippen molar-refractivity contribution in [3.63, 3.8) is 0 Å². The third-order valence-electron chi connectivity index (χ3n) is 4.18. The number of aliphatic hydroxyl groups is 1. The molecule has 0 aromatic carbocycles. The van der Waals surface area contributed by atoms with E-state index in [-0.39, 0.29) is 18.9 Å². The quantitative estimate of drug-likeness (QED) is 0.0551. The molecule has 0 aliphatic carbocycles. The molecule has 0 spiro atoms. The summed E-state index contributed by atoms with van der Waals surface area (Å²) < 4.78 is 0. The number of hydrogen-bond donors (Lipinski definition) is 10. The molecule has 0 aromatic heterocycles. The number of amides is 5. The molecule has 0 aliphatic rings. The van der Waals surface area contributed by atoms with Crippen molar-refractivity contribution >= 4 is 41.5 Å². The van der Waals surface area contributed by atoms with E-state index in [4.69, 9.17) is 33.8 Å². The average Bonchev–Trinajstić information content (AvgIpc) is 2.72. The predicted molar refractivity (Wildman–Crippen MR) is 116 cm³/mol. The van der Waals surface area contributed by atoms with E-state index in [1.165, 1.54) is 0 Å². The first-order chi connectivity index (χ1) is 15.8. The number of aliphatic carboxylic acids is 1. The molecule has 34 heavy (non-hydrogen) atoms. The number of hydrogen-bond acceptors (Lipinski definition) is 9. The maximum absolute atomic E-state index is 12.5. The lowest BCUT2D eigenvalue weighted by molar-refractivity contribution is -0.144. The summed E-state index contributed by atoms with van der Waals surface area (Å²) in [7, 11) is 0. The van der Waals surface area contributed by atoms with Gasteiger partial charge in [0.05, 0.1) is 25.5 Å². The number of carboxylic acid groups (broad SMARTS) is 1. The van der Waals surface area contributed by atoms with Crippen molar-refractivity contribution in [1.82, 2.24) is 16.0 Å². The van der Waals surface area contributed by atoms with Crippen LogP contribution < -0.4 is 44.6 Å². The van der Waals surface area contributed by atoms with Crippen molar-refractivity contribution in [2.24, 2.45) is 33.7 Å². The summed E-state index contributed by atoms with van der Waals surface area (Å²) in [4.78, 5) is 74.2. The number of rotatable bonds is 16. The van der Waals surface area contributed by atoms with Crippen molar-refractivity contribution in [2.75, 3.05) is 13.2 Å². The summed E-state index contributed by atoms with van der Waals surface area (Å²) in [5.74, 6) is -6.77. The zero-order valence-electron chi connectivity index (χ0n) is 18.2. The molecule has 0 aliphatic heterocycles. The van der Waals surface area contributed by atoms with Crippen LogP contribution in [0.4, 0.5) is 0 Å².